The number of rotatable bonds is 12. The van der Waals surface area contributed by atoms with Crippen molar-refractivity contribution in [1.29, 1.82) is 0 Å². The molecule has 0 spiro atoms. The smallest absolute Gasteiger partial charge is 0.243 e. The number of amides is 2. The number of hydroxylamine groups is 2. The van der Waals surface area contributed by atoms with Gasteiger partial charge in [-0.1, -0.05) is 43.2 Å². The van der Waals surface area contributed by atoms with E-state index in [-0.39, 0.29) is 11.8 Å². The van der Waals surface area contributed by atoms with Gasteiger partial charge in [-0.3, -0.25) is 19.3 Å². The third-order valence-corrected chi connectivity index (χ3v) is 3.30. The molecule has 1 rings (SSSR count). The second kappa shape index (κ2) is 12.6. The third kappa shape index (κ3) is 10.4. The van der Waals surface area contributed by atoms with Gasteiger partial charge in [0.2, 0.25) is 11.8 Å². The molecule has 0 unspecified atom stereocenters. The molecule has 0 aliphatic rings. The monoisotopic (exact) mass is 322 g/mol. The van der Waals surface area contributed by atoms with E-state index in [1.165, 1.54) is 12.7 Å². The zero-order valence-corrected chi connectivity index (χ0v) is 13.7. The molecule has 6 heteroatoms. The molecule has 0 aliphatic heterocycles. The second-order valence-corrected chi connectivity index (χ2v) is 5.25. The molecule has 0 heterocycles. The van der Waals surface area contributed by atoms with Crippen LogP contribution in [0.1, 0.15) is 44.1 Å². The van der Waals surface area contributed by atoms with Gasteiger partial charge >= 0.3 is 0 Å². The summed E-state index contributed by atoms with van der Waals surface area (Å²) in [5.74, 6) is -0.216. The first-order valence-corrected chi connectivity index (χ1v) is 7.98. The Morgan fingerprint density at radius 1 is 0.913 bits per heavy atom. The zero-order valence-electron chi connectivity index (χ0n) is 13.7. The van der Waals surface area contributed by atoms with Crippen molar-refractivity contribution >= 4 is 11.8 Å². The van der Waals surface area contributed by atoms with Crippen molar-refractivity contribution in [3.8, 4) is 0 Å². The van der Waals surface area contributed by atoms with Crippen LogP contribution in [0.25, 0.3) is 0 Å². The Bertz CT molecular complexity index is 451. The van der Waals surface area contributed by atoms with Crippen molar-refractivity contribution in [1.82, 2.24) is 11.0 Å². The molecule has 0 aliphatic carbocycles. The first kappa shape index (κ1) is 19.1. The molecule has 0 saturated carbocycles. The van der Waals surface area contributed by atoms with Crippen LogP contribution in [0.15, 0.2) is 30.3 Å². The number of carbonyl (C=O) groups excluding carboxylic acids is 2. The maximum atomic E-state index is 11.6. The number of benzene rings is 1. The van der Waals surface area contributed by atoms with E-state index in [4.69, 9.17) is 4.84 Å². The first-order chi connectivity index (χ1) is 11.2. The van der Waals surface area contributed by atoms with Crippen LogP contribution in [0.4, 0.5) is 0 Å². The number of nitrogens with one attached hydrogen (secondary N) is 2. The largest absolute Gasteiger partial charge is 0.277 e. The van der Waals surface area contributed by atoms with Crippen LogP contribution >= 0.6 is 0 Å². The average Bonchev–Trinajstić information content (AvgIpc) is 2.56. The van der Waals surface area contributed by atoms with Gasteiger partial charge in [-0.25, -0.2) is 11.0 Å². The molecule has 2 N–H and O–H groups in total. The van der Waals surface area contributed by atoms with E-state index in [0.29, 0.717) is 19.4 Å². The maximum Gasteiger partial charge on any atom is 0.243 e. The molecule has 0 aromatic heterocycles. The van der Waals surface area contributed by atoms with E-state index < -0.39 is 0 Å². The van der Waals surface area contributed by atoms with E-state index in [1.807, 2.05) is 30.3 Å². The summed E-state index contributed by atoms with van der Waals surface area (Å²) in [6, 6.07) is 9.98. The number of hydrogen-bond donors (Lipinski definition) is 2. The molecule has 0 fully saturated rings. The van der Waals surface area contributed by atoms with Crippen LogP contribution in [-0.2, 0) is 25.7 Å². The minimum atomic E-state index is -0.114. The van der Waals surface area contributed by atoms with Crippen molar-refractivity contribution in [2.75, 3.05) is 13.7 Å². The summed E-state index contributed by atoms with van der Waals surface area (Å²) >= 11 is 0. The molecule has 0 radical (unpaired) electrons. The molecule has 2 amide bonds. The van der Waals surface area contributed by atoms with Gasteiger partial charge in [-0.05, 0) is 24.8 Å². The van der Waals surface area contributed by atoms with E-state index in [0.717, 1.165) is 32.1 Å². The molecule has 1 aromatic rings. The maximum absolute atomic E-state index is 11.6. The highest BCUT2D eigenvalue weighted by Crippen LogP contribution is 2.05. The molecule has 0 saturated heterocycles. The van der Waals surface area contributed by atoms with Gasteiger partial charge in [-0.15, -0.1) is 0 Å². The summed E-state index contributed by atoms with van der Waals surface area (Å²) in [5, 5.41) is 0. The topological polar surface area (TPSA) is 76.7 Å². The SMILES string of the molecule is CONC(=O)CCCCCCC(=O)NOCCc1ccccc1. The Morgan fingerprint density at radius 3 is 2.13 bits per heavy atom. The van der Waals surface area contributed by atoms with Crippen LogP contribution in [0.3, 0.4) is 0 Å². The van der Waals surface area contributed by atoms with Crippen LogP contribution in [0.2, 0.25) is 0 Å². The Hall–Kier alpha value is -1.92. The van der Waals surface area contributed by atoms with Gasteiger partial charge in [0.15, 0.2) is 0 Å². The molecule has 6 nitrogen and oxygen atoms in total. The summed E-state index contributed by atoms with van der Waals surface area (Å²) < 4.78 is 0. The van der Waals surface area contributed by atoms with Crippen LogP contribution < -0.4 is 11.0 Å². The van der Waals surface area contributed by atoms with Gasteiger partial charge in [0.25, 0.3) is 0 Å². The van der Waals surface area contributed by atoms with Crippen LogP contribution in [0.5, 0.6) is 0 Å². The van der Waals surface area contributed by atoms with Gasteiger partial charge in [-0.2, -0.15) is 0 Å². The highest BCUT2D eigenvalue weighted by molar-refractivity contribution is 5.75. The van der Waals surface area contributed by atoms with E-state index in [1.54, 1.807) is 0 Å². The molecule has 0 bridgehead atoms. The lowest BCUT2D eigenvalue weighted by atomic mass is 10.1. The molecule has 23 heavy (non-hydrogen) atoms. The highest BCUT2D eigenvalue weighted by atomic mass is 16.7. The fourth-order valence-corrected chi connectivity index (χ4v) is 2.09. The van der Waals surface area contributed by atoms with Crippen molar-refractivity contribution in [2.45, 2.75) is 44.9 Å². The minimum absolute atomic E-state index is 0.102. The van der Waals surface area contributed by atoms with Crippen LogP contribution in [-0.4, -0.2) is 25.5 Å². The summed E-state index contributed by atoms with van der Waals surface area (Å²) in [4.78, 5) is 32.4. The lowest BCUT2D eigenvalue weighted by Gasteiger charge is -2.06. The Labute approximate surface area is 137 Å². The summed E-state index contributed by atoms with van der Waals surface area (Å²) in [6.45, 7) is 0.463. The lowest BCUT2D eigenvalue weighted by Crippen LogP contribution is -2.24. The Morgan fingerprint density at radius 2 is 1.52 bits per heavy atom. The van der Waals surface area contributed by atoms with Crippen LogP contribution in [0, 0.1) is 0 Å². The van der Waals surface area contributed by atoms with E-state index in [9.17, 15) is 9.59 Å². The second-order valence-electron chi connectivity index (χ2n) is 5.25. The van der Waals surface area contributed by atoms with Crippen molar-refractivity contribution in [2.24, 2.45) is 0 Å². The molecule has 0 atom stereocenters. The molecular weight excluding hydrogens is 296 g/mol. The van der Waals surface area contributed by atoms with Gasteiger partial charge < -0.3 is 0 Å². The zero-order chi connectivity index (χ0) is 16.8. The van der Waals surface area contributed by atoms with E-state index in [2.05, 4.69) is 15.8 Å². The standard InChI is InChI=1S/C17H26N2O4/c1-22-18-16(20)11-7-2-3-8-12-17(21)19-23-14-13-15-9-5-4-6-10-15/h4-6,9-10H,2-3,7-8,11-14H2,1H3,(H,18,20)(H,19,21). The van der Waals surface area contributed by atoms with Gasteiger partial charge in [0.05, 0.1) is 13.7 Å². The third-order valence-electron chi connectivity index (χ3n) is 3.30. The first-order valence-electron chi connectivity index (χ1n) is 7.98. The highest BCUT2D eigenvalue weighted by Gasteiger charge is 2.03. The minimum Gasteiger partial charge on any atom is -0.277 e. The van der Waals surface area contributed by atoms with Crippen molar-refractivity contribution in [3.05, 3.63) is 35.9 Å². The Kier molecular flexibility index (Phi) is 10.5. The lowest BCUT2D eigenvalue weighted by molar-refractivity contribution is -0.133. The fourth-order valence-electron chi connectivity index (χ4n) is 2.09. The fraction of sp³-hybridized carbons (Fsp3) is 0.529. The summed E-state index contributed by atoms with van der Waals surface area (Å²) in [7, 11) is 1.42. The van der Waals surface area contributed by atoms with Gasteiger partial charge in [0.1, 0.15) is 0 Å². The normalized spacial score (nSPS) is 10.3. The summed E-state index contributed by atoms with van der Waals surface area (Å²) in [6.07, 6.45) is 5.07. The predicted molar refractivity (Wildman–Crippen MR) is 87.1 cm³/mol. The number of carbonyl (C=O) groups is 2. The quantitative estimate of drug-likeness (QED) is 0.457. The molecule has 1 aromatic carbocycles. The molecular formula is C17H26N2O4. The Balaban J connectivity index is 1.91. The summed E-state index contributed by atoms with van der Waals surface area (Å²) in [5.41, 5.74) is 5.91. The predicted octanol–water partition coefficient (Wildman–Crippen LogP) is 2.30. The van der Waals surface area contributed by atoms with E-state index >= 15 is 0 Å². The number of hydrogen-bond acceptors (Lipinski definition) is 4. The molecule has 128 valence electrons. The van der Waals surface area contributed by atoms with Crippen molar-refractivity contribution < 1.29 is 19.3 Å². The number of unbranched alkanes of at least 4 members (excludes halogenated alkanes) is 3. The van der Waals surface area contributed by atoms with Crippen molar-refractivity contribution in [3.63, 3.8) is 0 Å². The van der Waals surface area contributed by atoms with Gasteiger partial charge in [0, 0.05) is 12.8 Å². The average molecular weight is 322 g/mol.